The highest BCUT2D eigenvalue weighted by Gasteiger charge is 2.31. The first-order chi connectivity index (χ1) is 8.25. The number of hydrogen-bond donors (Lipinski definition) is 4. The Labute approximate surface area is 101 Å². The quantitative estimate of drug-likeness (QED) is 0.482. The first kappa shape index (κ1) is 13.8. The molecule has 0 spiro atoms. The normalized spacial score (nSPS) is 10.9. The number of alkyl halides is 3. The summed E-state index contributed by atoms with van der Waals surface area (Å²) in [6.45, 7) is 0. The predicted octanol–water partition coefficient (Wildman–Crippen LogP) is 1.74. The molecule has 0 aliphatic carbocycles. The van der Waals surface area contributed by atoms with Crippen LogP contribution in [0.15, 0.2) is 18.2 Å². The second-order valence-electron chi connectivity index (χ2n) is 3.38. The Hall–Kier alpha value is -2.25. The van der Waals surface area contributed by atoms with Crippen LogP contribution in [0.4, 0.5) is 23.7 Å². The van der Waals surface area contributed by atoms with Crippen molar-refractivity contribution in [2.75, 3.05) is 12.4 Å². The lowest BCUT2D eigenvalue weighted by Gasteiger charge is -2.13. The van der Waals surface area contributed by atoms with Crippen LogP contribution in [0.1, 0.15) is 11.1 Å². The molecular formula is C10H11F3N4O. The van der Waals surface area contributed by atoms with E-state index in [1.54, 1.807) is 0 Å². The highest BCUT2D eigenvalue weighted by atomic mass is 19.4. The summed E-state index contributed by atoms with van der Waals surface area (Å²) in [6.07, 6.45) is -4.53. The van der Waals surface area contributed by atoms with Gasteiger partial charge < -0.3 is 16.4 Å². The summed E-state index contributed by atoms with van der Waals surface area (Å²) in [4.78, 5) is 11.1. The summed E-state index contributed by atoms with van der Waals surface area (Å²) in [5, 5.41) is 11.7. The smallest absolute Gasteiger partial charge is 0.384 e. The van der Waals surface area contributed by atoms with Crippen LogP contribution in [0.3, 0.4) is 0 Å². The second-order valence-corrected chi connectivity index (χ2v) is 3.38. The van der Waals surface area contributed by atoms with Gasteiger partial charge in [0.2, 0.25) is 0 Å². The lowest BCUT2D eigenvalue weighted by atomic mass is 10.1. The molecule has 0 aliphatic heterocycles. The largest absolute Gasteiger partial charge is 0.416 e. The van der Waals surface area contributed by atoms with Gasteiger partial charge in [0.05, 0.1) is 11.3 Å². The van der Waals surface area contributed by atoms with Crippen molar-refractivity contribution in [2.45, 2.75) is 6.18 Å². The molecule has 8 heteroatoms. The van der Waals surface area contributed by atoms with E-state index < -0.39 is 23.6 Å². The van der Waals surface area contributed by atoms with Crippen LogP contribution in [-0.2, 0) is 6.18 Å². The Bertz CT molecular complexity index is 485. The number of urea groups is 1. The van der Waals surface area contributed by atoms with Crippen molar-refractivity contribution in [2.24, 2.45) is 5.73 Å². The summed E-state index contributed by atoms with van der Waals surface area (Å²) in [6, 6.07) is 1.96. The molecular weight excluding hydrogens is 249 g/mol. The van der Waals surface area contributed by atoms with E-state index in [9.17, 15) is 18.0 Å². The minimum absolute atomic E-state index is 0.0369. The van der Waals surface area contributed by atoms with Gasteiger partial charge in [-0.1, -0.05) is 0 Å². The molecule has 0 unspecified atom stereocenters. The zero-order valence-electron chi connectivity index (χ0n) is 9.35. The molecule has 0 saturated carbocycles. The summed E-state index contributed by atoms with van der Waals surface area (Å²) in [5.41, 5.74) is 4.10. The number of carbonyl (C=O) groups excluding carboxylic acids is 1. The maximum Gasteiger partial charge on any atom is 0.416 e. The number of amides is 2. The van der Waals surface area contributed by atoms with Gasteiger partial charge in [0.1, 0.15) is 5.84 Å². The third-order valence-electron chi connectivity index (χ3n) is 2.11. The molecule has 5 nitrogen and oxygen atoms in total. The fourth-order valence-electron chi connectivity index (χ4n) is 1.24. The molecule has 0 heterocycles. The van der Waals surface area contributed by atoms with Crippen molar-refractivity contribution in [3.05, 3.63) is 29.3 Å². The number of carbonyl (C=O) groups is 1. The minimum Gasteiger partial charge on any atom is -0.384 e. The number of amidine groups is 1. The number of rotatable bonds is 2. The van der Waals surface area contributed by atoms with Crippen LogP contribution in [0, 0.1) is 5.41 Å². The van der Waals surface area contributed by atoms with E-state index >= 15 is 0 Å². The Morgan fingerprint density at radius 3 is 2.44 bits per heavy atom. The molecule has 0 atom stereocenters. The molecule has 0 bridgehead atoms. The first-order valence-electron chi connectivity index (χ1n) is 4.80. The molecule has 0 radical (unpaired) electrons. The number of nitrogens with two attached hydrogens (primary N) is 1. The lowest BCUT2D eigenvalue weighted by molar-refractivity contribution is -0.137. The van der Waals surface area contributed by atoms with Gasteiger partial charge in [-0.2, -0.15) is 13.2 Å². The number of nitrogens with one attached hydrogen (secondary N) is 3. The Kier molecular flexibility index (Phi) is 3.79. The van der Waals surface area contributed by atoms with E-state index in [1.807, 2.05) is 0 Å². The van der Waals surface area contributed by atoms with Crippen molar-refractivity contribution in [3.63, 3.8) is 0 Å². The third kappa shape index (κ3) is 3.12. The predicted molar refractivity (Wildman–Crippen MR) is 60.5 cm³/mol. The van der Waals surface area contributed by atoms with Gasteiger partial charge in [-0.25, -0.2) is 4.79 Å². The van der Waals surface area contributed by atoms with Crippen LogP contribution in [-0.4, -0.2) is 18.9 Å². The van der Waals surface area contributed by atoms with E-state index in [1.165, 1.54) is 7.05 Å². The summed E-state index contributed by atoms with van der Waals surface area (Å²) in [5.74, 6) is -0.562. The lowest BCUT2D eigenvalue weighted by Crippen LogP contribution is -2.26. The topological polar surface area (TPSA) is 91.0 Å². The number of halogens is 3. The van der Waals surface area contributed by atoms with E-state index in [2.05, 4.69) is 10.6 Å². The molecule has 0 aliphatic rings. The third-order valence-corrected chi connectivity index (χ3v) is 2.11. The molecule has 5 N–H and O–H groups in total. The Balaban J connectivity index is 3.21. The Morgan fingerprint density at radius 2 is 2.00 bits per heavy atom. The summed E-state index contributed by atoms with van der Waals surface area (Å²) in [7, 11) is 1.35. The maximum atomic E-state index is 12.5. The van der Waals surface area contributed by atoms with Crippen LogP contribution >= 0.6 is 0 Å². The van der Waals surface area contributed by atoms with Gasteiger partial charge in [0.15, 0.2) is 0 Å². The average molecular weight is 260 g/mol. The van der Waals surface area contributed by atoms with Crippen molar-refractivity contribution in [3.8, 4) is 0 Å². The van der Waals surface area contributed by atoms with Crippen LogP contribution in [0.25, 0.3) is 0 Å². The molecule has 1 rings (SSSR count). The van der Waals surface area contributed by atoms with E-state index in [4.69, 9.17) is 11.1 Å². The fraction of sp³-hybridized carbons (Fsp3) is 0.200. The van der Waals surface area contributed by atoms with Gasteiger partial charge in [-0.3, -0.25) is 5.41 Å². The van der Waals surface area contributed by atoms with Gasteiger partial charge in [-0.05, 0) is 18.2 Å². The number of hydrogen-bond acceptors (Lipinski definition) is 2. The van der Waals surface area contributed by atoms with Crippen molar-refractivity contribution >= 4 is 17.6 Å². The second kappa shape index (κ2) is 4.94. The van der Waals surface area contributed by atoms with Crippen molar-refractivity contribution in [1.82, 2.24) is 5.32 Å². The average Bonchev–Trinajstić information content (AvgIpc) is 2.27. The molecule has 1 aromatic rings. The molecule has 98 valence electrons. The summed E-state index contributed by atoms with van der Waals surface area (Å²) >= 11 is 0. The number of anilines is 1. The molecule has 0 aromatic heterocycles. The van der Waals surface area contributed by atoms with Gasteiger partial charge >= 0.3 is 12.2 Å². The molecule has 1 aromatic carbocycles. The molecule has 18 heavy (non-hydrogen) atoms. The fourth-order valence-corrected chi connectivity index (χ4v) is 1.24. The number of nitrogen functional groups attached to an aromatic ring is 1. The van der Waals surface area contributed by atoms with Gasteiger partial charge in [0.25, 0.3) is 0 Å². The van der Waals surface area contributed by atoms with E-state index in [-0.39, 0.29) is 11.3 Å². The van der Waals surface area contributed by atoms with Crippen molar-refractivity contribution in [1.29, 1.82) is 5.41 Å². The molecule has 0 saturated heterocycles. The maximum absolute atomic E-state index is 12.5. The molecule has 2 amide bonds. The van der Waals surface area contributed by atoms with Gasteiger partial charge in [0, 0.05) is 12.6 Å². The number of benzene rings is 1. The minimum atomic E-state index is -4.53. The van der Waals surface area contributed by atoms with E-state index in [0.717, 1.165) is 12.1 Å². The van der Waals surface area contributed by atoms with Gasteiger partial charge in [-0.15, -0.1) is 0 Å². The highest BCUT2D eigenvalue weighted by Crippen LogP contribution is 2.31. The zero-order valence-corrected chi connectivity index (χ0v) is 9.35. The summed E-state index contributed by atoms with van der Waals surface area (Å²) < 4.78 is 37.4. The Morgan fingerprint density at radius 1 is 1.39 bits per heavy atom. The van der Waals surface area contributed by atoms with Crippen LogP contribution in [0.5, 0.6) is 0 Å². The highest BCUT2D eigenvalue weighted by molar-refractivity contribution is 6.04. The van der Waals surface area contributed by atoms with Crippen LogP contribution in [0.2, 0.25) is 0 Å². The van der Waals surface area contributed by atoms with Crippen LogP contribution < -0.4 is 16.4 Å². The SMILES string of the molecule is CNC(=O)Nc1ccc(C(F)(F)F)cc1C(=N)N. The standard InChI is InChI=1S/C10H11F3N4O/c1-16-9(18)17-7-3-2-5(10(11,12)13)4-6(7)8(14)15/h2-4H,1H3,(H3,14,15)(H2,16,17,18). The molecule has 0 fully saturated rings. The monoisotopic (exact) mass is 260 g/mol. The first-order valence-corrected chi connectivity index (χ1v) is 4.80. The zero-order chi connectivity index (χ0) is 13.9. The van der Waals surface area contributed by atoms with Crippen molar-refractivity contribution < 1.29 is 18.0 Å². The van der Waals surface area contributed by atoms with E-state index in [0.29, 0.717) is 6.07 Å².